The molecule has 0 spiro atoms. The Hall–Kier alpha value is -1.36. The summed E-state index contributed by atoms with van der Waals surface area (Å²) in [6, 6.07) is 8.24. The van der Waals surface area contributed by atoms with Gasteiger partial charge in [0.25, 0.3) is 0 Å². The lowest BCUT2D eigenvalue weighted by molar-refractivity contribution is -0.130. The number of likely N-dealkylation sites (tertiary alicyclic amines) is 1. The Bertz CT molecular complexity index is 662. The number of hydrogen-bond acceptors (Lipinski definition) is 3. The van der Waals surface area contributed by atoms with Gasteiger partial charge in [-0.25, -0.2) is 8.42 Å². The van der Waals surface area contributed by atoms with E-state index in [-0.39, 0.29) is 17.7 Å². The maximum Gasteiger partial charge on any atom is 0.227 e. The zero-order valence-electron chi connectivity index (χ0n) is 13.7. The van der Waals surface area contributed by atoms with Crippen LogP contribution >= 0.6 is 0 Å². The smallest absolute Gasteiger partial charge is 0.227 e. The molecule has 2 fully saturated rings. The number of hydrogen-bond donors (Lipinski definition) is 0. The third-order valence-corrected chi connectivity index (χ3v) is 6.09. The minimum atomic E-state index is -3.05. The van der Waals surface area contributed by atoms with E-state index >= 15 is 0 Å². The van der Waals surface area contributed by atoms with Gasteiger partial charge in [-0.15, -0.1) is 0 Å². The molecule has 2 aliphatic rings. The van der Waals surface area contributed by atoms with Crippen molar-refractivity contribution >= 4 is 15.7 Å². The van der Waals surface area contributed by atoms with E-state index in [0.29, 0.717) is 18.9 Å². The molecule has 1 aromatic carbocycles. The Morgan fingerprint density at radius 3 is 2.39 bits per heavy atom. The van der Waals surface area contributed by atoms with Crippen LogP contribution in [0.25, 0.3) is 0 Å². The molecule has 0 unspecified atom stereocenters. The SMILES string of the molecule is CS(=O)(=O)C[C@H]1CCCN1C(=O)Cc1ccc(C2CCC2)cc1. The van der Waals surface area contributed by atoms with Crippen molar-refractivity contribution in [3.63, 3.8) is 0 Å². The first kappa shape index (κ1) is 16.5. The zero-order valence-corrected chi connectivity index (χ0v) is 14.5. The van der Waals surface area contributed by atoms with Gasteiger partial charge in [-0.3, -0.25) is 4.79 Å². The molecule has 4 nitrogen and oxygen atoms in total. The van der Waals surface area contributed by atoms with Crippen molar-refractivity contribution in [2.75, 3.05) is 18.6 Å². The molecule has 1 aliphatic heterocycles. The number of carbonyl (C=O) groups is 1. The fourth-order valence-electron chi connectivity index (χ4n) is 3.61. The maximum absolute atomic E-state index is 12.5. The van der Waals surface area contributed by atoms with Gasteiger partial charge < -0.3 is 4.90 Å². The molecule has 1 aliphatic carbocycles. The molecule has 126 valence electrons. The molecule has 3 rings (SSSR count). The van der Waals surface area contributed by atoms with E-state index in [9.17, 15) is 13.2 Å². The van der Waals surface area contributed by atoms with Crippen molar-refractivity contribution < 1.29 is 13.2 Å². The third-order valence-electron chi connectivity index (χ3n) is 5.10. The first-order chi connectivity index (χ1) is 10.9. The van der Waals surface area contributed by atoms with Crippen LogP contribution in [0, 0.1) is 0 Å². The molecular weight excluding hydrogens is 310 g/mol. The molecule has 23 heavy (non-hydrogen) atoms. The van der Waals surface area contributed by atoms with Gasteiger partial charge in [0.05, 0.1) is 12.2 Å². The summed E-state index contributed by atoms with van der Waals surface area (Å²) in [5.74, 6) is 0.837. The standard InChI is InChI=1S/C18H25NO3S/c1-23(21,22)13-17-6-3-11-19(17)18(20)12-14-7-9-16(10-8-14)15-4-2-5-15/h7-10,15,17H,2-6,11-13H2,1H3/t17-/m1/s1. The van der Waals surface area contributed by atoms with Crippen LogP contribution in [0.2, 0.25) is 0 Å². The van der Waals surface area contributed by atoms with Crippen molar-refractivity contribution in [2.45, 2.75) is 50.5 Å². The van der Waals surface area contributed by atoms with E-state index < -0.39 is 9.84 Å². The Balaban J connectivity index is 1.61. The minimum Gasteiger partial charge on any atom is -0.338 e. The summed E-state index contributed by atoms with van der Waals surface area (Å²) in [6.45, 7) is 0.680. The Morgan fingerprint density at radius 1 is 1.13 bits per heavy atom. The van der Waals surface area contributed by atoms with Crippen LogP contribution in [0.1, 0.15) is 49.1 Å². The van der Waals surface area contributed by atoms with Crippen LogP contribution in [0.4, 0.5) is 0 Å². The maximum atomic E-state index is 12.5. The Labute approximate surface area is 138 Å². The first-order valence-corrected chi connectivity index (χ1v) is 10.5. The number of carbonyl (C=O) groups excluding carboxylic acids is 1. The molecule has 0 bridgehead atoms. The van der Waals surface area contributed by atoms with Gasteiger partial charge in [-0.2, -0.15) is 0 Å². The molecule has 1 amide bonds. The molecule has 0 aromatic heterocycles. The molecular formula is C18H25NO3S. The van der Waals surface area contributed by atoms with Crippen LogP contribution in [0.3, 0.4) is 0 Å². The molecule has 1 heterocycles. The highest BCUT2D eigenvalue weighted by Gasteiger charge is 2.31. The van der Waals surface area contributed by atoms with E-state index in [2.05, 4.69) is 12.1 Å². The summed E-state index contributed by atoms with van der Waals surface area (Å²) in [4.78, 5) is 14.3. The largest absolute Gasteiger partial charge is 0.338 e. The Kier molecular flexibility index (Phi) is 4.76. The summed E-state index contributed by atoms with van der Waals surface area (Å²) in [5.41, 5.74) is 2.40. The van der Waals surface area contributed by atoms with E-state index in [0.717, 1.165) is 18.4 Å². The zero-order chi connectivity index (χ0) is 16.4. The third kappa shape index (κ3) is 4.14. The van der Waals surface area contributed by atoms with Crippen LogP contribution in [-0.2, 0) is 21.1 Å². The first-order valence-electron chi connectivity index (χ1n) is 8.48. The van der Waals surface area contributed by atoms with E-state index in [4.69, 9.17) is 0 Å². The van der Waals surface area contributed by atoms with Gasteiger partial charge in [0.2, 0.25) is 5.91 Å². The lowest BCUT2D eigenvalue weighted by Gasteiger charge is -2.26. The average Bonchev–Trinajstić information content (AvgIpc) is 2.85. The number of sulfone groups is 1. The topological polar surface area (TPSA) is 54.5 Å². The second-order valence-electron chi connectivity index (χ2n) is 7.02. The van der Waals surface area contributed by atoms with Gasteiger partial charge in [0.1, 0.15) is 9.84 Å². The summed E-state index contributed by atoms with van der Waals surface area (Å²) >= 11 is 0. The van der Waals surface area contributed by atoms with Crippen molar-refractivity contribution in [1.82, 2.24) is 4.90 Å². The van der Waals surface area contributed by atoms with E-state index in [1.807, 2.05) is 12.1 Å². The minimum absolute atomic E-state index is 0.0487. The second kappa shape index (κ2) is 6.63. The van der Waals surface area contributed by atoms with Crippen LogP contribution in [-0.4, -0.2) is 43.8 Å². The predicted octanol–water partition coefficient (Wildman–Crippen LogP) is 2.53. The lowest BCUT2D eigenvalue weighted by Crippen LogP contribution is -2.40. The predicted molar refractivity (Wildman–Crippen MR) is 91.2 cm³/mol. The normalized spacial score (nSPS) is 22.1. The van der Waals surface area contributed by atoms with Crippen LogP contribution in [0.15, 0.2) is 24.3 Å². The van der Waals surface area contributed by atoms with Crippen molar-refractivity contribution in [1.29, 1.82) is 0 Å². The quantitative estimate of drug-likeness (QED) is 0.831. The average molecular weight is 335 g/mol. The lowest BCUT2D eigenvalue weighted by atomic mass is 9.80. The van der Waals surface area contributed by atoms with Crippen molar-refractivity contribution in [3.8, 4) is 0 Å². The monoisotopic (exact) mass is 335 g/mol. The molecule has 1 saturated carbocycles. The van der Waals surface area contributed by atoms with Crippen molar-refractivity contribution in [2.24, 2.45) is 0 Å². The summed E-state index contributed by atoms with van der Waals surface area (Å²) in [7, 11) is -3.05. The fourth-order valence-corrected chi connectivity index (χ4v) is 4.66. The summed E-state index contributed by atoms with van der Waals surface area (Å²) < 4.78 is 23.0. The highest BCUT2D eigenvalue weighted by atomic mass is 32.2. The second-order valence-corrected chi connectivity index (χ2v) is 9.21. The van der Waals surface area contributed by atoms with Gasteiger partial charge >= 0.3 is 0 Å². The summed E-state index contributed by atoms with van der Waals surface area (Å²) in [5, 5.41) is 0. The molecule has 5 heteroatoms. The molecule has 0 N–H and O–H groups in total. The number of nitrogens with zero attached hydrogens (tertiary/aromatic N) is 1. The fraction of sp³-hybridized carbons (Fsp3) is 0.611. The Morgan fingerprint density at radius 2 is 1.83 bits per heavy atom. The van der Waals surface area contributed by atoms with Crippen molar-refractivity contribution in [3.05, 3.63) is 35.4 Å². The van der Waals surface area contributed by atoms with Crippen LogP contribution in [0.5, 0.6) is 0 Å². The van der Waals surface area contributed by atoms with Gasteiger partial charge in [-0.1, -0.05) is 30.7 Å². The molecule has 1 atom stereocenters. The number of rotatable bonds is 5. The van der Waals surface area contributed by atoms with Crippen LogP contribution < -0.4 is 0 Å². The highest BCUT2D eigenvalue weighted by molar-refractivity contribution is 7.90. The van der Waals surface area contributed by atoms with Gasteiger partial charge in [0.15, 0.2) is 0 Å². The number of amides is 1. The number of benzene rings is 1. The van der Waals surface area contributed by atoms with Gasteiger partial charge in [-0.05, 0) is 42.7 Å². The summed E-state index contributed by atoms with van der Waals surface area (Å²) in [6.07, 6.45) is 7.17. The highest BCUT2D eigenvalue weighted by Crippen LogP contribution is 2.36. The van der Waals surface area contributed by atoms with E-state index in [1.165, 1.54) is 31.1 Å². The molecule has 1 saturated heterocycles. The molecule has 1 aromatic rings. The van der Waals surface area contributed by atoms with E-state index in [1.54, 1.807) is 4.90 Å². The van der Waals surface area contributed by atoms with Gasteiger partial charge in [0, 0.05) is 18.8 Å². The molecule has 0 radical (unpaired) electrons.